The van der Waals surface area contributed by atoms with Crippen LogP contribution < -0.4 is 5.32 Å². The molecule has 1 heterocycles. The molecule has 1 unspecified atom stereocenters. The largest absolute Gasteiger partial charge is 0.317 e. The molecule has 3 nitrogen and oxygen atoms in total. The van der Waals surface area contributed by atoms with E-state index in [0.717, 1.165) is 12.3 Å². The molecular formula is C15H27N3. The Bertz CT molecular complexity index is 337. The monoisotopic (exact) mass is 249 g/mol. The van der Waals surface area contributed by atoms with Crippen molar-refractivity contribution in [3.63, 3.8) is 0 Å². The van der Waals surface area contributed by atoms with Gasteiger partial charge in [0.15, 0.2) is 0 Å². The SMILES string of the molecule is CNC(Cc1ccn(C)n1)CC1CCCCCC1. The lowest BCUT2D eigenvalue weighted by atomic mass is 9.91. The third-order valence-corrected chi connectivity index (χ3v) is 4.23. The summed E-state index contributed by atoms with van der Waals surface area (Å²) in [6.45, 7) is 0. The average Bonchev–Trinajstić information content (AvgIpc) is 2.63. The summed E-state index contributed by atoms with van der Waals surface area (Å²) in [6, 6.07) is 2.72. The van der Waals surface area contributed by atoms with E-state index < -0.39 is 0 Å². The lowest BCUT2D eigenvalue weighted by Gasteiger charge is -2.21. The Morgan fingerprint density at radius 2 is 2.06 bits per heavy atom. The first kappa shape index (κ1) is 13.6. The summed E-state index contributed by atoms with van der Waals surface area (Å²) in [5.74, 6) is 0.925. The van der Waals surface area contributed by atoms with Crippen LogP contribution in [0.15, 0.2) is 12.3 Å². The molecule has 102 valence electrons. The van der Waals surface area contributed by atoms with Gasteiger partial charge >= 0.3 is 0 Å². The molecular weight excluding hydrogens is 222 g/mol. The van der Waals surface area contributed by atoms with E-state index in [0.29, 0.717) is 6.04 Å². The van der Waals surface area contributed by atoms with Crippen molar-refractivity contribution < 1.29 is 0 Å². The fourth-order valence-corrected chi connectivity index (χ4v) is 3.13. The Kier molecular flexibility index (Phi) is 5.24. The smallest absolute Gasteiger partial charge is 0.0639 e. The molecule has 1 aliphatic rings. The van der Waals surface area contributed by atoms with Gasteiger partial charge in [-0.05, 0) is 25.5 Å². The second-order valence-electron chi connectivity index (χ2n) is 5.76. The summed E-state index contributed by atoms with van der Waals surface area (Å²) in [5.41, 5.74) is 1.21. The van der Waals surface area contributed by atoms with E-state index in [1.165, 1.54) is 50.6 Å². The summed E-state index contributed by atoms with van der Waals surface area (Å²) >= 11 is 0. The number of rotatable bonds is 5. The summed E-state index contributed by atoms with van der Waals surface area (Å²) in [4.78, 5) is 0. The van der Waals surface area contributed by atoms with Crippen molar-refractivity contribution in [2.45, 2.75) is 57.4 Å². The fraction of sp³-hybridized carbons (Fsp3) is 0.800. The van der Waals surface area contributed by atoms with Crippen LogP contribution in [0.3, 0.4) is 0 Å². The van der Waals surface area contributed by atoms with Crippen molar-refractivity contribution in [3.8, 4) is 0 Å². The molecule has 1 aliphatic carbocycles. The summed E-state index contributed by atoms with van der Waals surface area (Å²) in [7, 11) is 4.08. The van der Waals surface area contributed by atoms with Crippen LogP contribution in [0.5, 0.6) is 0 Å². The van der Waals surface area contributed by atoms with Gasteiger partial charge in [-0.15, -0.1) is 0 Å². The minimum absolute atomic E-state index is 0.586. The van der Waals surface area contributed by atoms with E-state index >= 15 is 0 Å². The van der Waals surface area contributed by atoms with Crippen LogP contribution in [0.4, 0.5) is 0 Å². The molecule has 18 heavy (non-hydrogen) atoms. The van der Waals surface area contributed by atoms with Gasteiger partial charge in [-0.2, -0.15) is 5.10 Å². The first-order valence-corrected chi connectivity index (χ1v) is 7.43. The molecule has 1 saturated carbocycles. The zero-order chi connectivity index (χ0) is 12.8. The molecule has 1 fully saturated rings. The molecule has 0 aromatic carbocycles. The maximum Gasteiger partial charge on any atom is 0.0639 e. The molecule has 0 bridgehead atoms. The van der Waals surface area contributed by atoms with Crippen LogP contribution >= 0.6 is 0 Å². The zero-order valence-corrected chi connectivity index (χ0v) is 11.9. The number of aryl methyl sites for hydroxylation is 1. The number of nitrogens with zero attached hydrogens (tertiary/aromatic N) is 2. The zero-order valence-electron chi connectivity index (χ0n) is 11.9. The quantitative estimate of drug-likeness (QED) is 0.813. The number of aromatic nitrogens is 2. The van der Waals surface area contributed by atoms with Crippen LogP contribution in [-0.4, -0.2) is 22.9 Å². The van der Waals surface area contributed by atoms with Crippen LogP contribution in [-0.2, 0) is 13.5 Å². The molecule has 0 aliphatic heterocycles. The van der Waals surface area contributed by atoms with Gasteiger partial charge in [-0.3, -0.25) is 4.68 Å². The molecule has 1 N–H and O–H groups in total. The molecule has 3 heteroatoms. The highest BCUT2D eigenvalue weighted by Gasteiger charge is 2.18. The molecule has 1 aromatic rings. The maximum atomic E-state index is 4.49. The molecule has 1 atom stereocenters. The van der Waals surface area contributed by atoms with Crippen LogP contribution in [0.25, 0.3) is 0 Å². The minimum Gasteiger partial charge on any atom is -0.317 e. The van der Waals surface area contributed by atoms with Gasteiger partial charge in [-0.1, -0.05) is 38.5 Å². The highest BCUT2D eigenvalue weighted by molar-refractivity contribution is 5.01. The second kappa shape index (κ2) is 6.93. The molecule has 0 saturated heterocycles. The summed E-state index contributed by atoms with van der Waals surface area (Å²) in [6.07, 6.45) is 13.0. The van der Waals surface area contributed by atoms with E-state index in [4.69, 9.17) is 0 Å². The van der Waals surface area contributed by atoms with E-state index in [-0.39, 0.29) is 0 Å². The Morgan fingerprint density at radius 3 is 2.61 bits per heavy atom. The topological polar surface area (TPSA) is 29.9 Å². The average molecular weight is 249 g/mol. The van der Waals surface area contributed by atoms with Crippen molar-refractivity contribution in [2.24, 2.45) is 13.0 Å². The van der Waals surface area contributed by atoms with Gasteiger partial charge in [0.2, 0.25) is 0 Å². The Balaban J connectivity index is 1.84. The van der Waals surface area contributed by atoms with E-state index in [9.17, 15) is 0 Å². The fourth-order valence-electron chi connectivity index (χ4n) is 3.13. The number of nitrogens with one attached hydrogen (secondary N) is 1. The van der Waals surface area contributed by atoms with E-state index in [2.05, 4.69) is 23.5 Å². The predicted molar refractivity (Wildman–Crippen MR) is 75.6 cm³/mol. The third-order valence-electron chi connectivity index (χ3n) is 4.23. The Morgan fingerprint density at radius 1 is 1.33 bits per heavy atom. The molecule has 0 spiro atoms. The van der Waals surface area contributed by atoms with Gasteiger partial charge in [0.1, 0.15) is 0 Å². The summed E-state index contributed by atoms with van der Waals surface area (Å²) in [5, 5.41) is 7.96. The standard InChI is InChI=1S/C15H27N3/c1-16-15(12-14-9-10-18(2)17-14)11-13-7-5-3-4-6-8-13/h9-10,13,15-16H,3-8,11-12H2,1-2H3. The first-order valence-electron chi connectivity index (χ1n) is 7.43. The second-order valence-corrected chi connectivity index (χ2v) is 5.76. The molecule has 1 aromatic heterocycles. The van der Waals surface area contributed by atoms with Gasteiger partial charge in [0.05, 0.1) is 5.69 Å². The first-order chi connectivity index (χ1) is 8.78. The highest BCUT2D eigenvalue weighted by atomic mass is 15.2. The Labute approximate surface area is 111 Å². The Hall–Kier alpha value is -0.830. The van der Waals surface area contributed by atoms with E-state index in [1.807, 2.05) is 17.9 Å². The lowest BCUT2D eigenvalue weighted by molar-refractivity contribution is 0.359. The van der Waals surface area contributed by atoms with Crippen LogP contribution in [0.2, 0.25) is 0 Å². The van der Waals surface area contributed by atoms with Crippen molar-refractivity contribution in [1.82, 2.24) is 15.1 Å². The number of likely N-dealkylation sites (N-methyl/N-ethyl adjacent to an activating group) is 1. The summed E-state index contributed by atoms with van der Waals surface area (Å²) < 4.78 is 1.90. The highest BCUT2D eigenvalue weighted by Crippen LogP contribution is 2.27. The predicted octanol–water partition coefficient (Wildman–Crippen LogP) is 2.91. The molecule has 2 rings (SSSR count). The number of hydrogen-bond donors (Lipinski definition) is 1. The maximum absolute atomic E-state index is 4.49. The van der Waals surface area contributed by atoms with Gasteiger partial charge in [0, 0.05) is 25.7 Å². The minimum atomic E-state index is 0.586. The van der Waals surface area contributed by atoms with Gasteiger partial charge in [0.25, 0.3) is 0 Å². The van der Waals surface area contributed by atoms with Crippen LogP contribution in [0, 0.1) is 5.92 Å². The van der Waals surface area contributed by atoms with Crippen molar-refractivity contribution in [3.05, 3.63) is 18.0 Å². The van der Waals surface area contributed by atoms with Gasteiger partial charge < -0.3 is 5.32 Å². The third kappa shape index (κ3) is 4.13. The van der Waals surface area contributed by atoms with Crippen LogP contribution in [0.1, 0.15) is 50.6 Å². The normalized spacial score (nSPS) is 19.7. The van der Waals surface area contributed by atoms with E-state index in [1.54, 1.807) is 0 Å². The number of hydrogen-bond acceptors (Lipinski definition) is 2. The van der Waals surface area contributed by atoms with Crippen molar-refractivity contribution >= 4 is 0 Å². The van der Waals surface area contributed by atoms with Crippen molar-refractivity contribution in [2.75, 3.05) is 7.05 Å². The molecule has 0 amide bonds. The molecule has 0 radical (unpaired) electrons. The lowest BCUT2D eigenvalue weighted by Crippen LogP contribution is -2.30. The van der Waals surface area contributed by atoms with Crippen molar-refractivity contribution in [1.29, 1.82) is 0 Å². The van der Waals surface area contributed by atoms with Gasteiger partial charge in [-0.25, -0.2) is 0 Å².